The first-order chi connectivity index (χ1) is 9.65. The minimum atomic E-state index is 0.0340. The van der Waals surface area contributed by atoms with Gasteiger partial charge < -0.3 is 5.32 Å². The second-order valence-electron chi connectivity index (χ2n) is 5.41. The highest BCUT2D eigenvalue weighted by atomic mass is 35.5. The molecule has 0 heterocycles. The van der Waals surface area contributed by atoms with Gasteiger partial charge in [0.1, 0.15) is 0 Å². The van der Waals surface area contributed by atoms with Gasteiger partial charge in [0.05, 0.1) is 11.8 Å². The normalized spacial score (nSPS) is 17.7. The second-order valence-corrected chi connectivity index (χ2v) is 7.14. The van der Waals surface area contributed by atoms with Crippen molar-refractivity contribution in [3.05, 3.63) is 34.9 Å². The van der Waals surface area contributed by atoms with Crippen molar-refractivity contribution < 1.29 is 4.79 Å². The van der Waals surface area contributed by atoms with Crippen molar-refractivity contribution in [3.63, 3.8) is 0 Å². The summed E-state index contributed by atoms with van der Waals surface area (Å²) in [4.78, 5) is 12.0. The molecule has 1 amide bonds. The first-order valence-electron chi connectivity index (χ1n) is 7.31. The number of amides is 1. The molecule has 0 radical (unpaired) electrons. The summed E-state index contributed by atoms with van der Waals surface area (Å²) in [7, 11) is 0. The summed E-state index contributed by atoms with van der Waals surface area (Å²) in [5.74, 6) is 0.700. The number of hydrogen-bond acceptors (Lipinski definition) is 2. The molecular weight excluding hydrogens is 290 g/mol. The summed E-state index contributed by atoms with van der Waals surface area (Å²) in [6.45, 7) is 2.01. The quantitative estimate of drug-likeness (QED) is 0.862. The van der Waals surface area contributed by atoms with Crippen molar-refractivity contribution in [2.75, 3.05) is 5.75 Å². The average Bonchev–Trinajstić information content (AvgIpc) is 2.47. The molecule has 1 atom stereocenters. The van der Waals surface area contributed by atoms with E-state index in [2.05, 4.69) is 5.32 Å². The fraction of sp³-hybridized carbons (Fsp3) is 0.562. The van der Waals surface area contributed by atoms with Crippen LogP contribution in [-0.4, -0.2) is 16.9 Å². The SMILES string of the molecule is CC(NC(=O)CSC1CCCCC1)c1ccc(Cl)cc1. The van der Waals surface area contributed by atoms with Gasteiger partial charge in [-0.05, 0) is 37.5 Å². The minimum Gasteiger partial charge on any atom is -0.349 e. The van der Waals surface area contributed by atoms with Crippen LogP contribution in [0.3, 0.4) is 0 Å². The van der Waals surface area contributed by atoms with Gasteiger partial charge in [-0.2, -0.15) is 0 Å². The molecule has 1 aromatic rings. The molecule has 2 rings (SSSR count). The van der Waals surface area contributed by atoms with Crippen molar-refractivity contribution in [3.8, 4) is 0 Å². The molecule has 0 spiro atoms. The maximum absolute atomic E-state index is 12.0. The van der Waals surface area contributed by atoms with Crippen LogP contribution in [0.1, 0.15) is 50.6 Å². The Morgan fingerprint density at radius 3 is 2.60 bits per heavy atom. The van der Waals surface area contributed by atoms with Crippen molar-refractivity contribution in [2.24, 2.45) is 0 Å². The van der Waals surface area contributed by atoms with Crippen LogP contribution in [0.5, 0.6) is 0 Å². The molecule has 110 valence electrons. The molecule has 1 aliphatic rings. The molecule has 1 fully saturated rings. The first kappa shape index (κ1) is 15.7. The van der Waals surface area contributed by atoms with E-state index in [1.165, 1.54) is 32.1 Å². The zero-order valence-electron chi connectivity index (χ0n) is 11.9. The summed E-state index contributed by atoms with van der Waals surface area (Å²) in [5.41, 5.74) is 1.09. The zero-order chi connectivity index (χ0) is 14.4. The lowest BCUT2D eigenvalue weighted by molar-refractivity contribution is -0.119. The molecule has 1 saturated carbocycles. The van der Waals surface area contributed by atoms with Crippen LogP contribution in [0.2, 0.25) is 5.02 Å². The standard InChI is InChI=1S/C16H22ClNOS/c1-12(13-7-9-14(17)10-8-13)18-16(19)11-20-15-5-3-2-4-6-15/h7-10,12,15H,2-6,11H2,1H3,(H,18,19). The predicted octanol–water partition coefficient (Wildman–Crippen LogP) is 4.58. The van der Waals surface area contributed by atoms with Gasteiger partial charge in [0.2, 0.25) is 5.91 Å². The third kappa shape index (κ3) is 5.02. The van der Waals surface area contributed by atoms with E-state index in [0.717, 1.165) is 10.6 Å². The highest BCUT2D eigenvalue weighted by molar-refractivity contribution is 8.00. The van der Waals surface area contributed by atoms with Crippen LogP contribution < -0.4 is 5.32 Å². The van der Waals surface area contributed by atoms with E-state index < -0.39 is 0 Å². The lowest BCUT2D eigenvalue weighted by Crippen LogP contribution is -2.29. The smallest absolute Gasteiger partial charge is 0.230 e. The minimum absolute atomic E-state index is 0.0340. The molecule has 20 heavy (non-hydrogen) atoms. The van der Waals surface area contributed by atoms with Gasteiger partial charge in [0.25, 0.3) is 0 Å². The number of hydrogen-bond donors (Lipinski definition) is 1. The Bertz CT molecular complexity index is 429. The summed E-state index contributed by atoms with van der Waals surface area (Å²) in [5, 5.41) is 4.46. The van der Waals surface area contributed by atoms with E-state index in [4.69, 9.17) is 11.6 Å². The van der Waals surface area contributed by atoms with E-state index in [0.29, 0.717) is 11.0 Å². The Kier molecular flexibility index (Phi) is 6.24. The van der Waals surface area contributed by atoms with Crippen molar-refractivity contribution >= 4 is 29.3 Å². The molecule has 0 bridgehead atoms. The van der Waals surface area contributed by atoms with Crippen molar-refractivity contribution in [2.45, 2.75) is 50.3 Å². The number of thioether (sulfide) groups is 1. The van der Waals surface area contributed by atoms with E-state index in [1.54, 1.807) is 0 Å². The number of carbonyl (C=O) groups is 1. The highest BCUT2D eigenvalue weighted by Gasteiger charge is 2.16. The number of nitrogens with one attached hydrogen (secondary N) is 1. The predicted molar refractivity (Wildman–Crippen MR) is 87.3 cm³/mol. The summed E-state index contributed by atoms with van der Waals surface area (Å²) < 4.78 is 0. The van der Waals surface area contributed by atoms with Gasteiger partial charge in [0, 0.05) is 10.3 Å². The topological polar surface area (TPSA) is 29.1 Å². The Morgan fingerprint density at radius 2 is 1.95 bits per heavy atom. The maximum Gasteiger partial charge on any atom is 0.230 e. The Morgan fingerprint density at radius 1 is 1.30 bits per heavy atom. The van der Waals surface area contributed by atoms with Crippen LogP contribution in [0.4, 0.5) is 0 Å². The summed E-state index contributed by atoms with van der Waals surface area (Å²) in [6.07, 6.45) is 6.53. The lowest BCUT2D eigenvalue weighted by atomic mass is 10.0. The Balaban J connectivity index is 1.74. The number of rotatable bonds is 5. The molecule has 1 aliphatic carbocycles. The van der Waals surface area contributed by atoms with Gasteiger partial charge in [0.15, 0.2) is 0 Å². The molecule has 1 unspecified atom stereocenters. The monoisotopic (exact) mass is 311 g/mol. The number of halogens is 1. The Hall–Kier alpha value is -0.670. The van der Waals surface area contributed by atoms with Gasteiger partial charge in [-0.25, -0.2) is 0 Å². The Labute approximate surface area is 130 Å². The van der Waals surface area contributed by atoms with E-state index in [9.17, 15) is 4.79 Å². The fourth-order valence-corrected chi connectivity index (χ4v) is 3.81. The molecular formula is C16H22ClNOS. The molecule has 2 nitrogen and oxygen atoms in total. The largest absolute Gasteiger partial charge is 0.349 e. The van der Waals surface area contributed by atoms with Crippen molar-refractivity contribution in [1.29, 1.82) is 0 Å². The van der Waals surface area contributed by atoms with Gasteiger partial charge in [-0.3, -0.25) is 4.79 Å². The molecule has 0 saturated heterocycles. The van der Waals surface area contributed by atoms with Crippen molar-refractivity contribution in [1.82, 2.24) is 5.32 Å². The van der Waals surface area contributed by atoms with Crippen LogP contribution in [0.15, 0.2) is 24.3 Å². The lowest BCUT2D eigenvalue weighted by Gasteiger charge is -2.21. The first-order valence-corrected chi connectivity index (χ1v) is 8.74. The van der Waals surface area contributed by atoms with Crippen LogP contribution in [0.25, 0.3) is 0 Å². The average molecular weight is 312 g/mol. The van der Waals surface area contributed by atoms with Gasteiger partial charge in [-0.1, -0.05) is 43.0 Å². The number of carbonyl (C=O) groups excluding carboxylic acids is 1. The third-order valence-electron chi connectivity index (χ3n) is 3.75. The summed E-state index contributed by atoms with van der Waals surface area (Å²) >= 11 is 7.68. The molecule has 1 aromatic carbocycles. The van der Waals surface area contributed by atoms with Gasteiger partial charge in [-0.15, -0.1) is 11.8 Å². The molecule has 1 N–H and O–H groups in total. The summed E-state index contributed by atoms with van der Waals surface area (Å²) in [6, 6.07) is 7.67. The third-order valence-corrected chi connectivity index (χ3v) is 5.37. The zero-order valence-corrected chi connectivity index (χ0v) is 13.5. The van der Waals surface area contributed by atoms with E-state index in [-0.39, 0.29) is 11.9 Å². The van der Waals surface area contributed by atoms with E-state index in [1.807, 2.05) is 43.0 Å². The molecule has 0 aromatic heterocycles. The molecule has 4 heteroatoms. The van der Waals surface area contributed by atoms with Crippen LogP contribution >= 0.6 is 23.4 Å². The highest BCUT2D eigenvalue weighted by Crippen LogP contribution is 2.28. The maximum atomic E-state index is 12.0. The van der Waals surface area contributed by atoms with Gasteiger partial charge >= 0.3 is 0 Å². The van der Waals surface area contributed by atoms with Crippen LogP contribution in [-0.2, 0) is 4.79 Å². The van der Waals surface area contributed by atoms with Crippen LogP contribution in [0, 0.1) is 0 Å². The second kappa shape index (κ2) is 7.94. The fourth-order valence-electron chi connectivity index (χ4n) is 2.54. The molecule has 0 aliphatic heterocycles. The number of benzene rings is 1. The van der Waals surface area contributed by atoms with E-state index >= 15 is 0 Å².